The van der Waals surface area contributed by atoms with E-state index >= 15 is 0 Å². The molecule has 3 rings (SSSR count). The molecule has 2 atom stereocenters. The molecular formula is C13H17FN4O3S. The molecule has 0 aromatic heterocycles. The average molecular weight is 328 g/mol. The lowest BCUT2D eigenvalue weighted by Gasteiger charge is -2.45. The zero-order chi connectivity index (χ0) is 16.1. The molecule has 1 saturated heterocycles. The van der Waals surface area contributed by atoms with Crippen LogP contribution in [-0.4, -0.2) is 44.2 Å². The van der Waals surface area contributed by atoms with E-state index in [1.807, 2.05) is 0 Å². The largest absolute Gasteiger partial charge is 0.399 e. The van der Waals surface area contributed by atoms with Crippen LogP contribution < -0.4 is 11.5 Å². The third kappa shape index (κ3) is 1.96. The van der Waals surface area contributed by atoms with Crippen LogP contribution in [-0.2, 0) is 20.3 Å². The van der Waals surface area contributed by atoms with E-state index in [0.29, 0.717) is 5.69 Å². The van der Waals surface area contributed by atoms with E-state index in [0.717, 1.165) is 4.31 Å². The number of ether oxygens (including phenoxy) is 1. The van der Waals surface area contributed by atoms with E-state index in [1.165, 1.54) is 25.2 Å². The molecule has 0 spiro atoms. The standard InChI is InChI=1S/C13H17FN4O3S/c1-18-12(16)17-13(9-6-8(15)2-3-10(9)14)7-21-5-4-11(13)22(18,19)20/h2-3,6,11H,4-5,7,15H2,1H3,(H2,16,17). The van der Waals surface area contributed by atoms with Crippen molar-refractivity contribution in [1.29, 1.82) is 0 Å². The minimum Gasteiger partial charge on any atom is -0.399 e. The lowest BCUT2D eigenvalue weighted by atomic mass is 9.84. The average Bonchev–Trinajstić information content (AvgIpc) is 2.48. The van der Waals surface area contributed by atoms with Crippen LogP contribution in [0.1, 0.15) is 12.0 Å². The van der Waals surface area contributed by atoms with Crippen molar-refractivity contribution in [2.75, 3.05) is 26.0 Å². The Hall–Kier alpha value is -1.87. The molecule has 22 heavy (non-hydrogen) atoms. The van der Waals surface area contributed by atoms with Crippen molar-refractivity contribution in [2.45, 2.75) is 17.2 Å². The van der Waals surface area contributed by atoms with Gasteiger partial charge in [0.1, 0.15) is 16.6 Å². The number of hydrogen-bond donors (Lipinski definition) is 2. The molecular weight excluding hydrogens is 311 g/mol. The van der Waals surface area contributed by atoms with Gasteiger partial charge in [-0.15, -0.1) is 0 Å². The highest BCUT2D eigenvalue weighted by Gasteiger charge is 2.55. The zero-order valence-electron chi connectivity index (χ0n) is 12.0. The summed E-state index contributed by atoms with van der Waals surface area (Å²) in [6, 6.07) is 4.00. The molecule has 7 nitrogen and oxygen atoms in total. The SMILES string of the molecule is CN1C(N)=NC2(c3cc(N)ccc3F)COCCC2S1(=O)=O. The number of aliphatic imine (C=N–C) groups is 1. The number of anilines is 1. The van der Waals surface area contributed by atoms with Gasteiger partial charge in [-0.2, -0.15) is 0 Å². The fraction of sp³-hybridized carbons (Fsp3) is 0.462. The smallest absolute Gasteiger partial charge is 0.242 e. The van der Waals surface area contributed by atoms with Gasteiger partial charge in [0.15, 0.2) is 0 Å². The quantitative estimate of drug-likeness (QED) is 0.704. The summed E-state index contributed by atoms with van der Waals surface area (Å²) in [5.41, 5.74) is 10.5. The Morgan fingerprint density at radius 3 is 2.91 bits per heavy atom. The second-order valence-corrected chi connectivity index (χ2v) is 7.62. The number of guanidine groups is 1. The summed E-state index contributed by atoms with van der Waals surface area (Å²) in [5, 5.41) is -0.942. The lowest BCUT2D eigenvalue weighted by molar-refractivity contribution is 0.0361. The Morgan fingerprint density at radius 2 is 2.18 bits per heavy atom. The molecule has 1 fully saturated rings. The van der Waals surface area contributed by atoms with Crippen molar-refractivity contribution < 1.29 is 17.5 Å². The predicted octanol–water partition coefficient (Wildman–Crippen LogP) is -0.0180. The highest BCUT2D eigenvalue weighted by molar-refractivity contribution is 7.90. The summed E-state index contributed by atoms with van der Waals surface area (Å²) in [6.07, 6.45) is 0.206. The van der Waals surface area contributed by atoms with Crippen LogP contribution in [0.3, 0.4) is 0 Å². The van der Waals surface area contributed by atoms with E-state index in [-0.39, 0.29) is 31.2 Å². The number of hydrogen-bond acceptors (Lipinski definition) is 6. The molecule has 2 aliphatic heterocycles. The van der Waals surface area contributed by atoms with Crippen molar-refractivity contribution >= 4 is 21.7 Å². The Bertz CT molecular complexity index is 752. The van der Waals surface area contributed by atoms with Gasteiger partial charge in [-0.1, -0.05) is 0 Å². The third-order valence-corrected chi connectivity index (χ3v) is 6.51. The summed E-state index contributed by atoms with van der Waals surface area (Å²) < 4.78 is 46.1. The monoisotopic (exact) mass is 328 g/mol. The fourth-order valence-electron chi connectivity index (χ4n) is 3.03. The summed E-state index contributed by atoms with van der Waals surface area (Å²) in [7, 11) is -2.42. The summed E-state index contributed by atoms with van der Waals surface area (Å²) in [5.74, 6) is -0.774. The van der Waals surface area contributed by atoms with Gasteiger partial charge in [0.25, 0.3) is 0 Å². The van der Waals surface area contributed by atoms with Crippen LogP contribution in [0.2, 0.25) is 0 Å². The van der Waals surface area contributed by atoms with Crippen LogP contribution in [0, 0.1) is 5.82 Å². The molecule has 2 heterocycles. The molecule has 120 valence electrons. The highest BCUT2D eigenvalue weighted by atomic mass is 32.2. The number of nitrogen functional groups attached to an aromatic ring is 1. The molecule has 1 aromatic rings. The van der Waals surface area contributed by atoms with Crippen molar-refractivity contribution in [2.24, 2.45) is 10.7 Å². The fourth-order valence-corrected chi connectivity index (χ4v) is 4.85. The maximum atomic E-state index is 14.4. The van der Waals surface area contributed by atoms with E-state index < -0.39 is 26.6 Å². The number of nitrogens with zero attached hydrogens (tertiary/aromatic N) is 2. The molecule has 0 radical (unpaired) electrons. The number of sulfonamides is 1. The maximum Gasteiger partial charge on any atom is 0.242 e. The summed E-state index contributed by atoms with van der Waals surface area (Å²) in [6.45, 7) is 0.199. The summed E-state index contributed by atoms with van der Waals surface area (Å²) in [4.78, 5) is 4.31. The minimum absolute atomic E-state index is 0.0637. The van der Waals surface area contributed by atoms with E-state index in [2.05, 4.69) is 4.99 Å². The number of halogens is 1. The normalized spacial score (nSPS) is 30.5. The molecule has 0 saturated carbocycles. The molecule has 0 aliphatic carbocycles. The van der Waals surface area contributed by atoms with Crippen LogP contribution in [0.4, 0.5) is 10.1 Å². The van der Waals surface area contributed by atoms with Gasteiger partial charge in [-0.25, -0.2) is 22.1 Å². The second kappa shape index (κ2) is 4.82. The first-order valence-corrected chi connectivity index (χ1v) is 8.26. The first-order chi connectivity index (χ1) is 10.3. The maximum absolute atomic E-state index is 14.4. The van der Waals surface area contributed by atoms with E-state index in [4.69, 9.17) is 16.2 Å². The van der Waals surface area contributed by atoms with Gasteiger partial charge in [0.05, 0.1) is 6.61 Å². The zero-order valence-corrected chi connectivity index (χ0v) is 12.8. The van der Waals surface area contributed by atoms with Gasteiger partial charge < -0.3 is 16.2 Å². The molecule has 2 unspecified atom stereocenters. The van der Waals surface area contributed by atoms with Crippen molar-refractivity contribution in [3.63, 3.8) is 0 Å². The first kappa shape index (κ1) is 15.0. The Kier molecular flexibility index (Phi) is 3.29. The minimum atomic E-state index is -3.76. The van der Waals surface area contributed by atoms with Gasteiger partial charge in [0, 0.05) is 24.9 Å². The lowest BCUT2D eigenvalue weighted by Crippen LogP contribution is -2.61. The van der Waals surface area contributed by atoms with Crippen LogP contribution in [0.15, 0.2) is 23.2 Å². The van der Waals surface area contributed by atoms with E-state index in [9.17, 15) is 12.8 Å². The van der Waals surface area contributed by atoms with Crippen LogP contribution in [0.5, 0.6) is 0 Å². The van der Waals surface area contributed by atoms with Gasteiger partial charge in [0.2, 0.25) is 16.0 Å². The number of nitrogens with two attached hydrogens (primary N) is 2. The van der Waals surface area contributed by atoms with Gasteiger partial charge >= 0.3 is 0 Å². The molecule has 9 heteroatoms. The second-order valence-electron chi connectivity index (χ2n) is 5.48. The third-order valence-electron chi connectivity index (χ3n) is 4.21. The number of benzene rings is 1. The Morgan fingerprint density at radius 1 is 1.45 bits per heavy atom. The molecule has 0 amide bonds. The van der Waals surface area contributed by atoms with Crippen molar-refractivity contribution in [3.05, 3.63) is 29.6 Å². The first-order valence-electron chi connectivity index (χ1n) is 6.75. The van der Waals surface area contributed by atoms with Gasteiger partial charge in [-0.05, 0) is 24.6 Å². The highest BCUT2D eigenvalue weighted by Crippen LogP contribution is 2.43. The molecule has 0 bridgehead atoms. The number of fused-ring (bicyclic) bond motifs is 1. The van der Waals surface area contributed by atoms with Gasteiger partial charge in [-0.3, -0.25) is 0 Å². The Labute approximate surface area is 127 Å². The van der Waals surface area contributed by atoms with Crippen molar-refractivity contribution in [3.8, 4) is 0 Å². The number of rotatable bonds is 1. The molecule has 2 aliphatic rings. The van der Waals surface area contributed by atoms with E-state index in [1.54, 1.807) is 0 Å². The molecule has 1 aromatic carbocycles. The summed E-state index contributed by atoms with van der Waals surface area (Å²) >= 11 is 0. The predicted molar refractivity (Wildman–Crippen MR) is 80.0 cm³/mol. The topological polar surface area (TPSA) is 111 Å². The van der Waals surface area contributed by atoms with Crippen LogP contribution in [0.25, 0.3) is 0 Å². The Balaban J connectivity index is 2.30. The van der Waals surface area contributed by atoms with Crippen LogP contribution >= 0.6 is 0 Å². The van der Waals surface area contributed by atoms with Crippen molar-refractivity contribution in [1.82, 2.24) is 4.31 Å². The molecule has 4 N–H and O–H groups in total.